The Morgan fingerprint density at radius 2 is 1.72 bits per heavy atom. The van der Waals surface area contributed by atoms with E-state index in [1.807, 2.05) is 18.2 Å². The molecule has 1 amide bonds. The van der Waals surface area contributed by atoms with Crippen molar-refractivity contribution in [3.8, 4) is 10.4 Å². The Morgan fingerprint density at radius 3 is 2.46 bits per heavy atom. The van der Waals surface area contributed by atoms with Crippen molar-refractivity contribution in [1.82, 2.24) is 0 Å². The lowest BCUT2D eigenvalue weighted by atomic mass is 9.98. The molecule has 3 heterocycles. The van der Waals surface area contributed by atoms with Crippen LogP contribution in [0.15, 0.2) is 95.6 Å². The zero-order chi connectivity index (χ0) is 27.1. The third kappa shape index (κ3) is 4.55. The SMILES string of the molecule is CC(=C1C(=O)N(c2ccccc2)N=C1C(=O)O)c1ccc(-c2ccc3c(c2)CCCN3c2ccc(C)cc2)s1. The van der Waals surface area contributed by atoms with Crippen molar-refractivity contribution in [2.75, 3.05) is 16.5 Å². The zero-order valence-electron chi connectivity index (χ0n) is 21.7. The van der Waals surface area contributed by atoms with E-state index in [2.05, 4.69) is 59.4 Å². The van der Waals surface area contributed by atoms with Crippen LogP contribution in [0.1, 0.15) is 29.3 Å². The van der Waals surface area contributed by atoms with E-state index < -0.39 is 11.9 Å². The second-order valence-electron chi connectivity index (χ2n) is 9.80. The van der Waals surface area contributed by atoms with Crippen molar-refractivity contribution in [2.45, 2.75) is 26.7 Å². The summed E-state index contributed by atoms with van der Waals surface area (Å²) in [5.74, 6) is -1.66. The number of allylic oxidation sites excluding steroid dienone is 1. The standard InChI is InChI=1S/C32H27N3O3S/c1-20-10-13-24(14-11-20)34-18-6-7-22-19-23(12-15-26(22)34)28-17-16-27(39-28)21(2)29-30(32(37)38)33-35(31(29)36)25-8-4-3-5-9-25/h3-5,8-17,19H,6-7,18H2,1-2H3,(H,37,38). The Balaban J connectivity index is 1.32. The summed E-state index contributed by atoms with van der Waals surface area (Å²) in [4.78, 5) is 29.7. The summed E-state index contributed by atoms with van der Waals surface area (Å²) in [6, 6.07) is 28.1. The number of aryl methyl sites for hydroxylation is 2. The number of nitrogens with zero attached hydrogens (tertiary/aromatic N) is 3. The number of fused-ring (bicyclic) bond motifs is 1. The maximum absolute atomic E-state index is 13.3. The second-order valence-corrected chi connectivity index (χ2v) is 10.9. The Hall–Kier alpha value is -4.49. The number of carbonyl (C=O) groups excluding carboxylic acids is 1. The van der Waals surface area contributed by atoms with E-state index in [4.69, 9.17) is 0 Å². The zero-order valence-corrected chi connectivity index (χ0v) is 22.5. The number of rotatable bonds is 5. The minimum Gasteiger partial charge on any atom is -0.476 e. The van der Waals surface area contributed by atoms with E-state index in [1.54, 1.807) is 42.5 Å². The van der Waals surface area contributed by atoms with Gasteiger partial charge in [0.15, 0.2) is 5.71 Å². The van der Waals surface area contributed by atoms with Gasteiger partial charge in [-0.2, -0.15) is 10.1 Å². The van der Waals surface area contributed by atoms with Gasteiger partial charge < -0.3 is 10.0 Å². The molecular weight excluding hydrogens is 506 g/mol. The molecule has 6 nitrogen and oxygen atoms in total. The van der Waals surface area contributed by atoms with Gasteiger partial charge >= 0.3 is 5.97 Å². The van der Waals surface area contributed by atoms with Crippen molar-refractivity contribution in [3.05, 3.63) is 107 Å². The average molecular weight is 534 g/mol. The number of carboxylic acid groups (broad SMARTS) is 1. The lowest BCUT2D eigenvalue weighted by Gasteiger charge is -2.31. The van der Waals surface area contributed by atoms with Crippen LogP contribution in [0.3, 0.4) is 0 Å². The number of para-hydroxylation sites is 1. The van der Waals surface area contributed by atoms with Gasteiger partial charge in [-0.3, -0.25) is 4.79 Å². The summed E-state index contributed by atoms with van der Waals surface area (Å²) < 4.78 is 0. The van der Waals surface area contributed by atoms with Crippen LogP contribution < -0.4 is 9.91 Å². The minimum atomic E-state index is -1.22. The molecule has 0 atom stereocenters. The first-order valence-electron chi connectivity index (χ1n) is 12.9. The maximum atomic E-state index is 13.3. The van der Waals surface area contributed by atoms with Crippen LogP contribution >= 0.6 is 11.3 Å². The van der Waals surface area contributed by atoms with E-state index in [9.17, 15) is 14.7 Å². The third-order valence-electron chi connectivity index (χ3n) is 7.23. The fraction of sp³-hybridized carbons (Fsp3) is 0.156. The molecule has 3 aromatic carbocycles. The highest BCUT2D eigenvalue weighted by Gasteiger charge is 2.37. The quantitative estimate of drug-likeness (QED) is 0.279. The number of hydrazone groups is 1. The van der Waals surface area contributed by atoms with Crippen LogP contribution in [0, 0.1) is 6.92 Å². The summed E-state index contributed by atoms with van der Waals surface area (Å²) in [5, 5.41) is 15.2. The number of amides is 1. The average Bonchev–Trinajstić information content (AvgIpc) is 3.58. The lowest BCUT2D eigenvalue weighted by molar-refractivity contribution is -0.129. The summed E-state index contributed by atoms with van der Waals surface area (Å²) in [5.41, 5.74) is 7.15. The predicted octanol–water partition coefficient (Wildman–Crippen LogP) is 7.07. The van der Waals surface area contributed by atoms with Crippen molar-refractivity contribution in [1.29, 1.82) is 0 Å². The van der Waals surface area contributed by atoms with Crippen LogP contribution in [0.5, 0.6) is 0 Å². The summed E-state index contributed by atoms with van der Waals surface area (Å²) in [7, 11) is 0. The molecule has 0 saturated carbocycles. The summed E-state index contributed by atoms with van der Waals surface area (Å²) in [6.07, 6.45) is 2.11. The molecule has 0 spiro atoms. The van der Waals surface area contributed by atoms with Gasteiger partial charge in [-0.05, 0) is 91.9 Å². The van der Waals surface area contributed by atoms with E-state index in [0.29, 0.717) is 11.3 Å². The normalized spacial score (nSPS) is 16.3. The van der Waals surface area contributed by atoms with Crippen molar-refractivity contribution in [2.24, 2.45) is 5.10 Å². The highest BCUT2D eigenvalue weighted by Crippen LogP contribution is 2.39. The largest absolute Gasteiger partial charge is 0.476 e. The lowest BCUT2D eigenvalue weighted by Crippen LogP contribution is -2.24. The number of benzene rings is 3. The van der Waals surface area contributed by atoms with E-state index in [1.165, 1.54) is 27.5 Å². The van der Waals surface area contributed by atoms with Crippen LogP contribution in [-0.2, 0) is 16.0 Å². The number of thiophene rings is 1. The van der Waals surface area contributed by atoms with Crippen LogP contribution in [0.25, 0.3) is 16.0 Å². The third-order valence-corrected chi connectivity index (χ3v) is 8.48. The summed E-state index contributed by atoms with van der Waals surface area (Å²) in [6.45, 7) is 4.89. The molecule has 1 aromatic heterocycles. The molecule has 39 heavy (non-hydrogen) atoms. The number of hydrogen-bond donors (Lipinski definition) is 1. The van der Waals surface area contributed by atoms with Gasteiger partial charge in [0.2, 0.25) is 0 Å². The van der Waals surface area contributed by atoms with Crippen LogP contribution in [-0.4, -0.2) is 29.2 Å². The summed E-state index contributed by atoms with van der Waals surface area (Å²) >= 11 is 1.55. The van der Waals surface area contributed by atoms with Gasteiger partial charge in [-0.25, -0.2) is 4.79 Å². The highest BCUT2D eigenvalue weighted by atomic mass is 32.1. The molecule has 6 rings (SSSR count). The van der Waals surface area contributed by atoms with Gasteiger partial charge in [0.05, 0.1) is 11.3 Å². The van der Waals surface area contributed by atoms with Gasteiger partial charge in [0.25, 0.3) is 5.91 Å². The topological polar surface area (TPSA) is 73.2 Å². The fourth-order valence-electron chi connectivity index (χ4n) is 5.20. The van der Waals surface area contributed by atoms with E-state index >= 15 is 0 Å². The van der Waals surface area contributed by atoms with Gasteiger partial charge in [0, 0.05) is 27.7 Å². The first-order chi connectivity index (χ1) is 18.9. The molecule has 4 aromatic rings. The van der Waals surface area contributed by atoms with Gasteiger partial charge in [0.1, 0.15) is 0 Å². The molecule has 0 saturated heterocycles. The molecule has 0 bridgehead atoms. The molecule has 0 fully saturated rings. The smallest absolute Gasteiger partial charge is 0.357 e. The Morgan fingerprint density at radius 1 is 0.949 bits per heavy atom. The highest BCUT2D eigenvalue weighted by molar-refractivity contribution is 7.16. The number of carboxylic acids is 1. The maximum Gasteiger partial charge on any atom is 0.357 e. The molecule has 2 aliphatic rings. The predicted molar refractivity (Wildman–Crippen MR) is 158 cm³/mol. The van der Waals surface area contributed by atoms with Crippen molar-refractivity contribution >= 4 is 51.6 Å². The number of aliphatic carboxylic acids is 1. The second kappa shape index (κ2) is 10.0. The number of hydrogen-bond acceptors (Lipinski definition) is 5. The molecule has 7 heteroatoms. The first kappa shape index (κ1) is 24.8. The van der Waals surface area contributed by atoms with Gasteiger partial charge in [-0.15, -0.1) is 11.3 Å². The van der Waals surface area contributed by atoms with E-state index in [0.717, 1.165) is 34.7 Å². The molecule has 0 unspecified atom stereocenters. The monoisotopic (exact) mass is 533 g/mol. The molecule has 1 N–H and O–H groups in total. The van der Waals surface area contributed by atoms with Crippen molar-refractivity contribution in [3.63, 3.8) is 0 Å². The van der Waals surface area contributed by atoms with E-state index in [-0.39, 0.29) is 11.3 Å². The fourth-order valence-corrected chi connectivity index (χ4v) is 6.20. The number of carbonyl (C=O) groups is 2. The Labute approximate surface area is 231 Å². The Kier molecular flexibility index (Phi) is 6.37. The minimum absolute atomic E-state index is 0.124. The van der Waals surface area contributed by atoms with Crippen molar-refractivity contribution < 1.29 is 14.7 Å². The molecular formula is C32H27N3O3S. The Bertz CT molecular complexity index is 1650. The molecule has 2 aliphatic heterocycles. The first-order valence-corrected chi connectivity index (χ1v) is 13.7. The molecule has 194 valence electrons. The van der Waals surface area contributed by atoms with Crippen LogP contribution in [0.4, 0.5) is 17.1 Å². The molecule has 0 aliphatic carbocycles. The van der Waals surface area contributed by atoms with Crippen LogP contribution in [0.2, 0.25) is 0 Å². The van der Waals surface area contributed by atoms with Gasteiger partial charge in [-0.1, -0.05) is 42.0 Å². The number of anilines is 3. The molecule has 0 radical (unpaired) electrons.